The Morgan fingerprint density at radius 1 is 1.36 bits per heavy atom. The van der Waals surface area contributed by atoms with Crippen LogP contribution in [-0.4, -0.2) is 11.7 Å². The second-order valence-corrected chi connectivity index (χ2v) is 4.44. The predicted octanol–water partition coefficient (Wildman–Crippen LogP) is 2.59. The summed E-state index contributed by atoms with van der Waals surface area (Å²) in [6, 6.07) is 0. The van der Waals surface area contributed by atoms with Gasteiger partial charge in [-0.2, -0.15) is 0 Å². The first-order chi connectivity index (χ1) is 5.18. The highest BCUT2D eigenvalue weighted by Crippen LogP contribution is 2.49. The lowest BCUT2D eigenvalue weighted by molar-refractivity contribution is 0.198. The van der Waals surface area contributed by atoms with Gasteiger partial charge >= 0.3 is 0 Å². The largest absolute Gasteiger partial charge is 0.396 e. The molecule has 1 N–H and O–H groups in total. The fourth-order valence-electron chi connectivity index (χ4n) is 1.55. The molecule has 0 spiro atoms. The highest BCUT2D eigenvalue weighted by atomic mass is 16.3. The molecule has 0 heterocycles. The van der Waals surface area contributed by atoms with Crippen molar-refractivity contribution < 1.29 is 5.11 Å². The van der Waals surface area contributed by atoms with Crippen LogP contribution in [0.5, 0.6) is 0 Å². The minimum atomic E-state index is 0.384. The van der Waals surface area contributed by atoms with E-state index in [2.05, 4.69) is 13.8 Å². The minimum absolute atomic E-state index is 0.384. The monoisotopic (exact) mass is 156 g/mol. The van der Waals surface area contributed by atoms with Gasteiger partial charge < -0.3 is 5.11 Å². The van der Waals surface area contributed by atoms with Gasteiger partial charge in [0.2, 0.25) is 0 Å². The van der Waals surface area contributed by atoms with Gasteiger partial charge in [-0.25, -0.2) is 0 Å². The Kier molecular flexibility index (Phi) is 2.94. The van der Waals surface area contributed by atoms with Gasteiger partial charge in [-0.3, -0.25) is 0 Å². The SMILES string of the molecule is CC(C)CCCC1(CO)CC1. The third-order valence-corrected chi connectivity index (χ3v) is 2.78. The average molecular weight is 156 g/mol. The summed E-state index contributed by atoms with van der Waals surface area (Å²) in [6.07, 6.45) is 6.41. The van der Waals surface area contributed by atoms with E-state index < -0.39 is 0 Å². The van der Waals surface area contributed by atoms with Crippen LogP contribution in [-0.2, 0) is 0 Å². The van der Waals surface area contributed by atoms with Crippen LogP contribution in [0.3, 0.4) is 0 Å². The van der Waals surface area contributed by atoms with Gasteiger partial charge in [0.15, 0.2) is 0 Å². The predicted molar refractivity (Wildman–Crippen MR) is 47.4 cm³/mol. The quantitative estimate of drug-likeness (QED) is 0.648. The smallest absolute Gasteiger partial charge is 0.0487 e. The third kappa shape index (κ3) is 2.82. The maximum atomic E-state index is 9.02. The minimum Gasteiger partial charge on any atom is -0.396 e. The molecule has 1 aliphatic carbocycles. The Labute approximate surface area is 69.8 Å². The first kappa shape index (κ1) is 9.05. The number of hydrogen-bond donors (Lipinski definition) is 1. The van der Waals surface area contributed by atoms with E-state index in [-0.39, 0.29) is 0 Å². The molecule has 1 rings (SSSR count). The summed E-state index contributed by atoms with van der Waals surface area (Å²) in [5.41, 5.74) is 0.384. The Bertz CT molecular complexity index is 114. The van der Waals surface area contributed by atoms with Crippen molar-refractivity contribution in [3.63, 3.8) is 0 Å². The number of aliphatic hydroxyl groups is 1. The maximum Gasteiger partial charge on any atom is 0.0487 e. The summed E-state index contributed by atoms with van der Waals surface area (Å²) in [5, 5.41) is 9.02. The molecule has 1 aliphatic rings. The summed E-state index contributed by atoms with van der Waals surface area (Å²) in [5.74, 6) is 0.824. The Hall–Kier alpha value is -0.0400. The van der Waals surface area contributed by atoms with Gasteiger partial charge in [0.1, 0.15) is 0 Å². The molecule has 0 aromatic rings. The molecule has 0 aromatic heterocycles. The zero-order valence-electron chi connectivity index (χ0n) is 7.77. The Balaban J connectivity index is 2.03. The van der Waals surface area contributed by atoms with Crippen molar-refractivity contribution in [2.24, 2.45) is 11.3 Å². The highest BCUT2D eigenvalue weighted by molar-refractivity contribution is 4.91. The highest BCUT2D eigenvalue weighted by Gasteiger charge is 2.40. The van der Waals surface area contributed by atoms with Crippen molar-refractivity contribution in [2.45, 2.75) is 46.0 Å². The molecule has 11 heavy (non-hydrogen) atoms. The zero-order chi connectivity index (χ0) is 8.32. The van der Waals surface area contributed by atoms with Gasteiger partial charge in [0.25, 0.3) is 0 Å². The lowest BCUT2D eigenvalue weighted by atomic mass is 9.97. The van der Waals surface area contributed by atoms with E-state index in [4.69, 9.17) is 5.11 Å². The first-order valence-corrected chi connectivity index (χ1v) is 4.79. The second kappa shape index (κ2) is 3.57. The fourth-order valence-corrected chi connectivity index (χ4v) is 1.55. The van der Waals surface area contributed by atoms with Crippen LogP contribution >= 0.6 is 0 Å². The maximum absolute atomic E-state index is 9.02. The van der Waals surface area contributed by atoms with Gasteiger partial charge in [-0.05, 0) is 30.6 Å². The number of hydrogen-bond acceptors (Lipinski definition) is 1. The summed E-state index contributed by atoms with van der Waals surface area (Å²) in [6.45, 7) is 4.95. The number of aliphatic hydroxyl groups excluding tert-OH is 1. The molecule has 1 nitrogen and oxygen atoms in total. The summed E-state index contributed by atoms with van der Waals surface area (Å²) in [4.78, 5) is 0. The summed E-state index contributed by atoms with van der Waals surface area (Å²) >= 11 is 0. The van der Waals surface area contributed by atoms with Crippen molar-refractivity contribution >= 4 is 0 Å². The molecule has 0 aromatic carbocycles. The van der Waals surface area contributed by atoms with Crippen LogP contribution in [0.15, 0.2) is 0 Å². The molecule has 1 heteroatoms. The van der Waals surface area contributed by atoms with Gasteiger partial charge in [0, 0.05) is 6.61 Å². The molecular weight excluding hydrogens is 136 g/mol. The Morgan fingerprint density at radius 3 is 2.36 bits per heavy atom. The molecule has 0 atom stereocenters. The zero-order valence-corrected chi connectivity index (χ0v) is 7.77. The van der Waals surface area contributed by atoms with Crippen molar-refractivity contribution in [3.8, 4) is 0 Å². The molecule has 0 saturated heterocycles. The molecule has 0 amide bonds. The molecule has 0 bridgehead atoms. The average Bonchev–Trinajstić information content (AvgIpc) is 2.69. The van der Waals surface area contributed by atoms with Crippen LogP contribution in [0.25, 0.3) is 0 Å². The molecular formula is C10H20O. The molecule has 66 valence electrons. The first-order valence-electron chi connectivity index (χ1n) is 4.79. The van der Waals surface area contributed by atoms with Gasteiger partial charge in [-0.15, -0.1) is 0 Å². The standard InChI is InChI=1S/C10H20O/c1-9(2)4-3-5-10(8-11)6-7-10/h9,11H,3-8H2,1-2H3. The summed E-state index contributed by atoms with van der Waals surface area (Å²) < 4.78 is 0. The molecule has 1 fully saturated rings. The topological polar surface area (TPSA) is 20.2 Å². The van der Waals surface area contributed by atoms with E-state index in [1.54, 1.807) is 0 Å². The Morgan fingerprint density at radius 2 is 2.00 bits per heavy atom. The number of rotatable bonds is 5. The van der Waals surface area contributed by atoms with E-state index >= 15 is 0 Å². The van der Waals surface area contributed by atoms with Gasteiger partial charge in [0.05, 0.1) is 0 Å². The normalized spacial score (nSPS) is 20.7. The molecule has 0 radical (unpaired) electrons. The molecule has 0 aliphatic heterocycles. The van der Waals surface area contributed by atoms with E-state index in [0.717, 1.165) is 5.92 Å². The van der Waals surface area contributed by atoms with Gasteiger partial charge in [-0.1, -0.05) is 26.7 Å². The van der Waals surface area contributed by atoms with Crippen molar-refractivity contribution in [1.82, 2.24) is 0 Å². The van der Waals surface area contributed by atoms with E-state index in [1.807, 2.05) is 0 Å². The molecule has 1 saturated carbocycles. The van der Waals surface area contributed by atoms with E-state index in [0.29, 0.717) is 12.0 Å². The lowest BCUT2D eigenvalue weighted by Gasteiger charge is -2.11. The second-order valence-electron chi connectivity index (χ2n) is 4.44. The van der Waals surface area contributed by atoms with Crippen LogP contribution < -0.4 is 0 Å². The van der Waals surface area contributed by atoms with Crippen molar-refractivity contribution in [2.75, 3.05) is 6.61 Å². The fraction of sp³-hybridized carbons (Fsp3) is 1.00. The van der Waals surface area contributed by atoms with Crippen molar-refractivity contribution in [3.05, 3.63) is 0 Å². The third-order valence-electron chi connectivity index (χ3n) is 2.78. The van der Waals surface area contributed by atoms with E-state index in [9.17, 15) is 0 Å². The van der Waals surface area contributed by atoms with Crippen LogP contribution in [0, 0.1) is 11.3 Å². The van der Waals surface area contributed by atoms with Crippen LogP contribution in [0.1, 0.15) is 46.0 Å². The van der Waals surface area contributed by atoms with Crippen LogP contribution in [0.4, 0.5) is 0 Å². The summed E-state index contributed by atoms with van der Waals surface area (Å²) in [7, 11) is 0. The lowest BCUT2D eigenvalue weighted by Crippen LogP contribution is -2.06. The molecule has 0 unspecified atom stereocenters. The van der Waals surface area contributed by atoms with E-state index in [1.165, 1.54) is 32.1 Å². The van der Waals surface area contributed by atoms with Crippen LogP contribution in [0.2, 0.25) is 0 Å². The van der Waals surface area contributed by atoms with Crippen molar-refractivity contribution in [1.29, 1.82) is 0 Å².